The van der Waals surface area contributed by atoms with Crippen molar-refractivity contribution in [3.05, 3.63) is 39.9 Å². The maximum Gasteiger partial charge on any atom is 0.356 e. The summed E-state index contributed by atoms with van der Waals surface area (Å²) in [6.07, 6.45) is 0. The molecule has 2 aromatic rings. The lowest BCUT2D eigenvalue weighted by Crippen LogP contribution is -1.96. The molecule has 3 nitrogen and oxygen atoms in total. The molecule has 16 heavy (non-hydrogen) atoms. The molecule has 0 saturated heterocycles. The number of aryl methyl sites for hydroxylation is 1. The third-order valence-electron chi connectivity index (χ3n) is 2.05. The second kappa shape index (κ2) is 4.23. The minimum atomic E-state index is -1.10. The van der Waals surface area contributed by atoms with Gasteiger partial charge < -0.3 is 5.11 Å². The molecular weight excluding hydrogens is 246 g/mol. The number of hydrogen-bond acceptors (Lipinski definition) is 3. The lowest BCUT2D eigenvalue weighted by atomic mass is 10.1. The van der Waals surface area contributed by atoms with Crippen LogP contribution >= 0.6 is 22.9 Å². The van der Waals surface area contributed by atoms with Crippen molar-refractivity contribution < 1.29 is 9.90 Å². The fraction of sp³-hybridized carbons (Fsp3) is 0.0909. The van der Waals surface area contributed by atoms with Gasteiger partial charge in [-0.05, 0) is 13.0 Å². The topological polar surface area (TPSA) is 50.2 Å². The SMILES string of the molecule is Cc1cccc(-c2nc(C(=O)O)c(Cl)s2)c1. The van der Waals surface area contributed by atoms with Crippen LogP contribution in [0.15, 0.2) is 24.3 Å². The summed E-state index contributed by atoms with van der Waals surface area (Å²) in [5.41, 5.74) is 1.91. The van der Waals surface area contributed by atoms with E-state index in [9.17, 15) is 4.79 Å². The average Bonchev–Trinajstić information content (AvgIpc) is 2.60. The highest BCUT2D eigenvalue weighted by atomic mass is 35.5. The van der Waals surface area contributed by atoms with Crippen LogP contribution in [0.25, 0.3) is 10.6 Å². The highest BCUT2D eigenvalue weighted by Gasteiger charge is 2.16. The summed E-state index contributed by atoms with van der Waals surface area (Å²) in [5, 5.41) is 9.47. The van der Waals surface area contributed by atoms with Crippen LogP contribution in [-0.4, -0.2) is 16.1 Å². The Morgan fingerprint density at radius 3 is 2.81 bits per heavy atom. The number of benzene rings is 1. The van der Waals surface area contributed by atoms with Gasteiger partial charge in [-0.3, -0.25) is 0 Å². The Bertz CT molecular complexity index is 551. The van der Waals surface area contributed by atoms with E-state index in [1.807, 2.05) is 31.2 Å². The van der Waals surface area contributed by atoms with Gasteiger partial charge in [0.1, 0.15) is 9.34 Å². The van der Waals surface area contributed by atoms with Gasteiger partial charge in [0.15, 0.2) is 5.69 Å². The Kier molecular flexibility index (Phi) is 2.94. The summed E-state index contributed by atoms with van der Waals surface area (Å²) in [4.78, 5) is 14.8. The summed E-state index contributed by atoms with van der Waals surface area (Å²) in [6, 6.07) is 7.70. The Hall–Kier alpha value is -1.39. The largest absolute Gasteiger partial charge is 0.476 e. The molecule has 0 aliphatic rings. The molecule has 0 unspecified atom stereocenters. The Labute approximate surface area is 101 Å². The van der Waals surface area contributed by atoms with Crippen LogP contribution in [0.3, 0.4) is 0 Å². The molecule has 1 N–H and O–H groups in total. The maximum atomic E-state index is 10.8. The van der Waals surface area contributed by atoms with E-state index in [1.54, 1.807) is 0 Å². The predicted molar refractivity (Wildman–Crippen MR) is 64.3 cm³/mol. The van der Waals surface area contributed by atoms with Crippen molar-refractivity contribution >= 4 is 28.9 Å². The molecule has 0 saturated carbocycles. The number of carboxylic acid groups (broad SMARTS) is 1. The first-order chi connectivity index (χ1) is 7.58. The van der Waals surface area contributed by atoms with Crippen LogP contribution < -0.4 is 0 Å². The molecule has 1 aromatic heterocycles. The first-order valence-corrected chi connectivity index (χ1v) is 5.74. The van der Waals surface area contributed by atoms with Crippen LogP contribution in [0.5, 0.6) is 0 Å². The van der Waals surface area contributed by atoms with Crippen molar-refractivity contribution in [1.82, 2.24) is 4.98 Å². The zero-order valence-corrected chi connectivity index (χ0v) is 9.97. The number of carbonyl (C=O) groups is 1. The van der Waals surface area contributed by atoms with E-state index < -0.39 is 5.97 Å². The average molecular weight is 254 g/mol. The van der Waals surface area contributed by atoms with Crippen molar-refractivity contribution in [2.24, 2.45) is 0 Å². The van der Waals surface area contributed by atoms with Gasteiger partial charge >= 0.3 is 5.97 Å². The summed E-state index contributed by atoms with van der Waals surface area (Å²) < 4.78 is 0.212. The van der Waals surface area contributed by atoms with Gasteiger partial charge in [-0.25, -0.2) is 9.78 Å². The second-order valence-corrected chi connectivity index (χ2v) is 4.92. The molecule has 1 aromatic carbocycles. The molecule has 0 radical (unpaired) electrons. The number of nitrogens with zero attached hydrogens (tertiary/aromatic N) is 1. The molecule has 1 heterocycles. The number of thiazole rings is 1. The molecule has 0 atom stereocenters. The predicted octanol–water partition coefficient (Wildman–Crippen LogP) is 3.47. The van der Waals surface area contributed by atoms with Gasteiger partial charge in [0.2, 0.25) is 0 Å². The van der Waals surface area contributed by atoms with E-state index in [1.165, 1.54) is 11.3 Å². The van der Waals surface area contributed by atoms with Crippen molar-refractivity contribution in [2.75, 3.05) is 0 Å². The standard InChI is InChI=1S/C11H8ClNO2S/c1-6-3-2-4-7(5-6)10-13-8(11(14)15)9(12)16-10/h2-5H,1H3,(H,14,15). The minimum Gasteiger partial charge on any atom is -0.476 e. The van der Waals surface area contributed by atoms with E-state index in [-0.39, 0.29) is 10.0 Å². The number of aromatic carboxylic acids is 1. The van der Waals surface area contributed by atoms with Crippen molar-refractivity contribution in [3.8, 4) is 10.6 Å². The molecule has 0 amide bonds. The first-order valence-electron chi connectivity index (χ1n) is 4.54. The highest BCUT2D eigenvalue weighted by Crippen LogP contribution is 2.31. The summed E-state index contributed by atoms with van der Waals surface area (Å²) in [6.45, 7) is 1.97. The van der Waals surface area contributed by atoms with E-state index in [4.69, 9.17) is 16.7 Å². The lowest BCUT2D eigenvalue weighted by Gasteiger charge is -1.96. The Morgan fingerprint density at radius 2 is 2.25 bits per heavy atom. The third-order valence-corrected chi connectivity index (χ3v) is 3.36. The van der Waals surface area contributed by atoms with E-state index in [2.05, 4.69) is 4.98 Å². The van der Waals surface area contributed by atoms with Gasteiger partial charge in [0, 0.05) is 5.56 Å². The monoisotopic (exact) mass is 253 g/mol. The van der Waals surface area contributed by atoms with E-state index in [0.717, 1.165) is 11.1 Å². The fourth-order valence-corrected chi connectivity index (χ4v) is 2.46. The Balaban J connectivity index is 2.49. The van der Waals surface area contributed by atoms with Crippen LogP contribution in [-0.2, 0) is 0 Å². The number of carboxylic acids is 1. The van der Waals surface area contributed by atoms with Gasteiger partial charge in [0.25, 0.3) is 0 Å². The smallest absolute Gasteiger partial charge is 0.356 e. The van der Waals surface area contributed by atoms with Crippen molar-refractivity contribution in [2.45, 2.75) is 6.92 Å². The van der Waals surface area contributed by atoms with Gasteiger partial charge in [-0.15, -0.1) is 11.3 Å². The maximum absolute atomic E-state index is 10.8. The van der Waals surface area contributed by atoms with Gasteiger partial charge in [-0.1, -0.05) is 35.4 Å². The normalized spacial score (nSPS) is 10.4. The van der Waals surface area contributed by atoms with Crippen molar-refractivity contribution in [1.29, 1.82) is 0 Å². The molecule has 82 valence electrons. The van der Waals surface area contributed by atoms with Crippen molar-refractivity contribution in [3.63, 3.8) is 0 Å². The number of halogens is 1. The second-order valence-electron chi connectivity index (χ2n) is 3.32. The van der Waals surface area contributed by atoms with Crippen LogP contribution in [0, 0.1) is 6.92 Å². The highest BCUT2D eigenvalue weighted by molar-refractivity contribution is 7.19. The molecule has 2 rings (SSSR count). The quantitative estimate of drug-likeness (QED) is 0.892. The molecule has 5 heteroatoms. The minimum absolute atomic E-state index is 0.0804. The zero-order valence-electron chi connectivity index (χ0n) is 8.40. The number of hydrogen-bond donors (Lipinski definition) is 1. The molecule has 0 aliphatic heterocycles. The van der Waals surface area contributed by atoms with Crippen LogP contribution in [0.4, 0.5) is 0 Å². The zero-order chi connectivity index (χ0) is 11.7. The summed E-state index contributed by atoms with van der Waals surface area (Å²) in [5.74, 6) is -1.10. The molecule has 0 fully saturated rings. The lowest BCUT2D eigenvalue weighted by molar-refractivity contribution is 0.0691. The molecule has 0 aliphatic carbocycles. The van der Waals surface area contributed by atoms with Gasteiger partial charge in [0.05, 0.1) is 0 Å². The third kappa shape index (κ3) is 2.08. The number of aromatic nitrogens is 1. The fourth-order valence-electron chi connectivity index (χ4n) is 1.33. The Morgan fingerprint density at radius 1 is 1.50 bits per heavy atom. The number of rotatable bonds is 2. The van der Waals surface area contributed by atoms with Crippen LogP contribution in [0.1, 0.15) is 16.1 Å². The molecular formula is C11H8ClNO2S. The van der Waals surface area contributed by atoms with Gasteiger partial charge in [-0.2, -0.15) is 0 Å². The van der Waals surface area contributed by atoms with E-state index >= 15 is 0 Å². The van der Waals surface area contributed by atoms with Crippen LogP contribution in [0.2, 0.25) is 4.34 Å². The van der Waals surface area contributed by atoms with E-state index in [0.29, 0.717) is 5.01 Å². The molecule has 0 spiro atoms. The summed E-state index contributed by atoms with van der Waals surface area (Å²) in [7, 11) is 0. The first kappa shape index (κ1) is 11.1. The summed E-state index contributed by atoms with van der Waals surface area (Å²) >= 11 is 6.98. The molecule has 0 bridgehead atoms.